The van der Waals surface area contributed by atoms with Gasteiger partial charge in [0.15, 0.2) is 0 Å². The highest BCUT2D eigenvalue weighted by Gasteiger charge is 2.32. The van der Waals surface area contributed by atoms with Gasteiger partial charge in [0, 0.05) is 32.3 Å². The zero-order valence-electron chi connectivity index (χ0n) is 12.2. The average molecular weight is 298 g/mol. The van der Waals surface area contributed by atoms with Gasteiger partial charge in [-0.15, -0.1) is 0 Å². The van der Waals surface area contributed by atoms with E-state index in [1.165, 1.54) is 6.20 Å². The zero-order valence-corrected chi connectivity index (χ0v) is 12.2. The topological polar surface area (TPSA) is 66.0 Å². The molecule has 2 N–H and O–H groups in total. The molecule has 1 aromatic heterocycles. The van der Waals surface area contributed by atoms with Crippen LogP contribution in [0, 0.1) is 13.1 Å². The van der Waals surface area contributed by atoms with Crippen molar-refractivity contribution in [3.8, 4) is 0 Å². The first-order valence-electron chi connectivity index (χ1n) is 7.18. The molecule has 0 aliphatic carbocycles. The first kappa shape index (κ1) is 15.7. The molecule has 0 radical (unpaired) electrons. The van der Waals surface area contributed by atoms with E-state index >= 15 is 0 Å². The van der Waals surface area contributed by atoms with Crippen molar-refractivity contribution in [3.05, 3.63) is 41.2 Å². The molecule has 22 heavy (non-hydrogen) atoms. The number of anilines is 1. The summed E-state index contributed by atoms with van der Waals surface area (Å²) < 4.78 is 0. The molecule has 7 nitrogen and oxygen atoms in total. The molecule has 114 valence electrons. The summed E-state index contributed by atoms with van der Waals surface area (Å²) in [6, 6.07) is 3.46. The number of hydrogen-bond donors (Lipinski definition) is 2. The molecule has 0 bridgehead atoms. The molecule has 0 saturated carbocycles. The maximum atomic E-state index is 12.0. The number of rotatable bonds is 6. The van der Waals surface area contributed by atoms with Crippen LogP contribution in [0.1, 0.15) is 12.8 Å². The largest absolute Gasteiger partial charge is 0.369 e. The SMILES string of the molecule is [C-]#[N+]c1ccc(NCCNCC(=O)N2CCCC2[N+]#[C-])nc1. The number of amides is 1. The fourth-order valence-corrected chi connectivity index (χ4v) is 2.31. The number of carbonyl (C=O) groups excluding carboxylic acids is 1. The van der Waals surface area contributed by atoms with Gasteiger partial charge in [0.05, 0.1) is 13.1 Å². The van der Waals surface area contributed by atoms with E-state index in [4.69, 9.17) is 13.1 Å². The molecule has 1 amide bonds. The number of nitrogens with one attached hydrogen (secondary N) is 2. The summed E-state index contributed by atoms with van der Waals surface area (Å²) in [6.07, 6.45) is 2.93. The number of aromatic nitrogens is 1. The number of nitrogens with zero attached hydrogens (tertiary/aromatic N) is 4. The van der Waals surface area contributed by atoms with Crippen LogP contribution in [0.3, 0.4) is 0 Å². The quantitative estimate of drug-likeness (QED) is 0.617. The average Bonchev–Trinajstić information content (AvgIpc) is 3.03. The number of hydrogen-bond acceptors (Lipinski definition) is 4. The van der Waals surface area contributed by atoms with Crippen molar-refractivity contribution in [1.82, 2.24) is 15.2 Å². The lowest BCUT2D eigenvalue weighted by atomic mass is 10.3. The lowest BCUT2D eigenvalue weighted by Gasteiger charge is -2.16. The Kier molecular flexibility index (Phi) is 5.70. The molecule has 7 heteroatoms. The van der Waals surface area contributed by atoms with Crippen molar-refractivity contribution < 1.29 is 4.79 Å². The standard InChI is InChI=1S/C15H18N6O/c1-16-12-5-6-13(20-10-12)19-8-7-18-11-15(22)21-9-3-4-14(21)17-2/h5-6,10,14,18H,3-4,7-9,11H2,(H,19,20). The highest BCUT2D eigenvalue weighted by Crippen LogP contribution is 2.17. The minimum absolute atomic E-state index is 0.0157. The van der Waals surface area contributed by atoms with Crippen LogP contribution in [0.2, 0.25) is 0 Å². The van der Waals surface area contributed by atoms with Gasteiger partial charge in [0.1, 0.15) is 5.82 Å². The van der Waals surface area contributed by atoms with Gasteiger partial charge in [-0.3, -0.25) is 19.5 Å². The molecular weight excluding hydrogens is 280 g/mol. The Labute approximate surface area is 130 Å². The van der Waals surface area contributed by atoms with E-state index in [1.807, 2.05) is 0 Å². The molecule has 0 aromatic carbocycles. The zero-order chi connectivity index (χ0) is 15.8. The third-order valence-corrected chi connectivity index (χ3v) is 3.45. The molecule has 1 aliphatic heterocycles. The van der Waals surface area contributed by atoms with Gasteiger partial charge in [-0.25, -0.2) is 11.4 Å². The minimum atomic E-state index is -0.280. The maximum Gasteiger partial charge on any atom is 0.300 e. The molecule has 1 aliphatic rings. The van der Waals surface area contributed by atoms with Gasteiger partial charge < -0.3 is 10.6 Å². The molecule has 1 saturated heterocycles. The van der Waals surface area contributed by atoms with E-state index in [-0.39, 0.29) is 18.6 Å². The number of likely N-dealkylation sites (tertiary alicyclic amines) is 1. The van der Waals surface area contributed by atoms with Crippen LogP contribution >= 0.6 is 0 Å². The second kappa shape index (κ2) is 7.96. The normalized spacial score (nSPS) is 16.8. The molecule has 1 unspecified atom stereocenters. The van der Waals surface area contributed by atoms with Gasteiger partial charge in [0.25, 0.3) is 0 Å². The van der Waals surface area contributed by atoms with E-state index in [1.54, 1.807) is 17.0 Å². The fourth-order valence-electron chi connectivity index (χ4n) is 2.31. The minimum Gasteiger partial charge on any atom is -0.369 e. The van der Waals surface area contributed by atoms with Gasteiger partial charge in [-0.2, -0.15) is 0 Å². The predicted molar refractivity (Wildman–Crippen MR) is 83.2 cm³/mol. The summed E-state index contributed by atoms with van der Waals surface area (Å²) in [6.45, 7) is 16.1. The second-order valence-corrected chi connectivity index (χ2v) is 4.96. The fraction of sp³-hybridized carbons (Fsp3) is 0.467. The maximum absolute atomic E-state index is 12.0. The van der Waals surface area contributed by atoms with Crippen LogP contribution < -0.4 is 10.6 Å². The van der Waals surface area contributed by atoms with Crippen LogP contribution in [-0.2, 0) is 4.79 Å². The van der Waals surface area contributed by atoms with E-state index in [9.17, 15) is 4.79 Å². The summed E-state index contributed by atoms with van der Waals surface area (Å²) in [5.74, 6) is 0.686. The van der Waals surface area contributed by atoms with Crippen LogP contribution in [0.25, 0.3) is 9.69 Å². The summed E-state index contributed by atoms with van der Waals surface area (Å²) >= 11 is 0. The van der Waals surface area contributed by atoms with Crippen molar-refractivity contribution in [2.75, 3.05) is 31.5 Å². The second-order valence-electron chi connectivity index (χ2n) is 4.96. The third kappa shape index (κ3) is 4.18. The first-order chi connectivity index (χ1) is 10.7. The van der Waals surface area contributed by atoms with Crippen molar-refractivity contribution in [2.24, 2.45) is 0 Å². The predicted octanol–water partition coefficient (Wildman–Crippen LogP) is 1.50. The summed E-state index contributed by atoms with van der Waals surface area (Å²) in [7, 11) is 0. The van der Waals surface area contributed by atoms with E-state index in [0.717, 1.165) is 12.8 Å². The van der Waals surface area contributed by atoms with Crippen LogP contribution in [-0.4, -0.2) is 48.1 Å². The van der Waals surface area contributed by atoms with Crippen molar-refractivity contribution >= 4 is 17.4 Å². The summed E-state index contributed by atoms with van der Waals surface area (Å²) in [5, 5.41) is 6.18. The third-order valence-electron chi connectivity index (χ3n) is 3.45. The van der Waals surface area contributed by atoms with E-state index in [2.05, 4.69) is 25.3 Å². The highest BCUT2D eigenvalue weighted by molar-refractivity contribution is 5.79. The van der Waals surface area contributed by atoms with Crippen molar-refractivity contribution in [3.63, 3.8) is 0 Å². The summed E-state index contributed by atoms with van der Waals surface area (Å²) in [4.78, 5) is 24.5. The van der Waals surface area contributed by atoms with E-state index in [0.29, 0.717) is 31.1 Å². The Morgan fingerprint density at radius 3 is 2.95 bits per heavy atom. The van der Waals surface area contributed by atoms with Crippen molar-refractivity contribution in [2.45, 2.75) is 19.0 Å². The van der Waals surface area contributed by atoms with Gasteiger partial charge in [0.2, 0.25) is 11.6 Å². The molecule has 1 fully saturated rings. The smallest absolute Gasteiger partial charge is 0.300 e. The number of pyridine rings is 1. The molecule has 1 atom stereocenters. The van der Waals surface area contributed by atoms with Gasteiger partial charge >= 0.3 is 6.17 Å². The molecule has 2 rings (SSSR count). The Bertz CT molecular complexity index is 586. The Morgan fingerprint density at radius 1 is 1.41 bits per heavy atom. The Balaban J connectivity index is 1.64. The Hall–Kier alpha value is -2.64. The lowest BCUT2D eigenvalue weighted by molar-refractivity contribution is -0.130. The molecular formula is C15H18N6O. The molecule has 2 heterocycles. The monoisotopic (exact) mass is 298 g/mol. The van der Waals surface area contributed by atoms with Gasteiger partial charge in [-0.05, 0) is 12.5 Å². The van der Waals surface area contributed by atoms with Crippen molar-refractivity contribution in [1.29, 1.82) is 0 Å². The first-order valence-corrected chi connectivity index (χ1v) is 7.18. The highest BCUT2D eigenvalue weighted by atomic mass is 16.2. The number of carbonyl (C=O) groups is 1. The lowest BCUT2D eigenvalue weighted by Crippen LogP contribution is -2.40. The van der Waals surface area contributed by atoms with Crippen LogP contribution in [0.4, 0.5) is 11.5 Å². The van der Waals surface area contributed by atoms with Gasteiger partial charge in [-0.1, -0.05) is 6.07 Å². The Morgan fingerprint density at radius 2 is 2.27 bits per heavy atom. The molecule has 1 aromatic rings. The van der Waals surface area contributed by atoms with Crippen LogP contribution in [0.15, 0.2) is 18.3 Å². The van der Waals surface area contributed by atoms with E-state index < -0.39 is 0 Å². The van der Waals surface area contributed by atoms with Crippen LogP contribution in [0.5, 0.6) is 0 Å². The summed E-state index contributed by atoms with van der Waals surface area (Å²) in [5.41, 5.74) is 0.509. The molecule has 0 spiro atoms.